The summed E-state index contributed by atoms with van der Waals surface area (Å²) in [6, 6.07) is 122. The van der Waals surface area contributed by atoms with Crippen molar-refractivity contribution >= 4 is 55.7 Å². The van der Waals surface area contributed by atoms with Crippen LogP contribution in [0.3, 0.4) is 0 Å². The molecule has 0 amide bonds. The molecular formula is C102H110N8. The molecule has 0 saturated heterocycles. The molecule has 8 nitrogen and oxygen atoms in total. The predicted octanol–water partition coefficient (Wildman–Crippen LogP) is 23.7. The van der Waals surface area contributed by atoms with E-state index in [4.69, 9.17) is 0 Å². The maximum absolute atomic E-state index is 3.63. The Balaban J connectivity index is 0.000000157. The van der Waals surface area contributed by atoms with Crippen molar-refractivity contribution in [1.29, 1.82) is 0 Å². The molecule has 110 heavy (non-hydrogen) atoms. The van der Waals surface area contributed by atoms with Gasteiger partial charge in [-0.1, -0.05) is 282 Å². The molecule has 2 aliphatic rings. The van der Waals surface area contributed by atoms with Gasteiger partial charge < -0.3 is 41.7 Å². The fraction of sp³-hybridized carbons (Fsp3) is 0.216. The fourth-order valence-corrected chi connectivity index (χ4v) is 15.1. The highest BCUT2D eigenvalue weighted by atomic mass is 15.1. The maximum atomic E-state index is 3.63. The molecule has 2 aliphatic carbocycles. The van der Waals surface area contributed by atoms with E-state index in [1.807, 2.05) is 0 Å². The van der Waals surface area contributed by atoms with Crippen molar-refractivity contribution in [3.05, 3.63) is 395 Å². The summed E-state index contributed by atoms with van der Waals surface area (Å²) >= 11 is 0. The number of nitrogens with one attached hydrogen (secondary N) is 6. The third-order valence-electron chi connectivity index (χ3n) is 20.7. The van der Waals surface area contributed by atoms with E-state index in [0.29, 0.717) is 0 Å². The molecule has 0 unspecified atom stereocenters. The largest absolute Gasteiger partial charge is 0.313 e. The molecule has 0 bridgehead atoms. The number of nitrogens with zero attached hydrogens (tertiary/aromatic N) is 2. The third kappa shape index (κ3) is 21.5. The van der Waals surface area contributed by atoms with Crippen molar-refractivity contribution in [2.75, 3.05) is 49.1 Å². The normalized spacial score (nSPS) is 11.4. The van der Waals surface area contributed by atoms with E-state index in [0.717, 1.165) is 138 Å². The molecule has 0 saturated carbocycles. The van der Waals surface area contributed by atoms with E-state index in [2.05, 4.69) is 381 Å². The van der Waals surface area contributed by atoms with E-state index in [9.17, 15) is 0 Å². The van der Waals surface area contributed by atoms with Gasteiger partial charge in [0.05, 0.1) is 0 Å². The molecule has 0 aliphatic heterocycles. The van der Waals surface area contributed by atoms with Crippen molar-refractivity contribution in [3.8, 4) is 22.3 Å². The number of para-hydroxylation sites is 4. The van der Waals surface area contributed by atoms with Crippen molar-refractivity contribution < 1.29 is 0 Å². The highest BCUT2D eigenvalue weighted by molar-refractivity contribution is 5.87. The Bertz CT molecular complexity index is 4660. The highest BCUT2D eigenvalue weighted by Gasteiger charge is 2.20. The molecule has 8 heteroatoms. The van der Waals surface area contributed by atoms with Crippen LogP contribution in [0.15, 0.2) is 340 Å². The van der Waals surface area contributed by atoms with Crippen molar-refractivity contribution in [1.82, 2.24) is 31.9 Å². The van der Waals surface area contributed by atoms with Crippen LogP contribution in [-0.4, -0.2) is 39.3 Å². The molecule has 0 heterocycles. The van der Waals surface area contributed by atoms with Crippen LogP contribution in [0.2, 0.25) is 0 Å². The lowest BCUT2D eigenvalue weighted by molar-refractivity contribution is 0.582. The van der Waals surface area contributed by atoms with Gasteiger partial charge in [-0.25, -0.2) is 0 Å². The first-order valence-electron chi connectivity index (χ1n) is 39.2. The second-order valence-corrected chi connectivity index (χ2v) is 28.5. The van der Waals surface area contributed by atoms with Crippen LogP contribution in [0.25, 0.3) is 43.8 Å². The molecule has 0 aromatic heterocycles. The number of rotatable bonds is 33. The van der Waals surface area contributed by atoms with Gasteiger partial charge in [0.2, 0.25) is 0 Å². The zero-order valence-corrected chi connectivity index (χ0v) is 62.4. The van der Waals surface area contributed by atoms with E-state index >= 15 is 0 Å². The van der Waals surface area contributed by atoms with Crippen LogP contribution in [0.1, 0.15) is 109 Å². The summed E-state index contributed by atoms with van der Waals surface area (Å²) in [4.78, 5) is 4.59. The smallest absolute Gasteiger partial charge is 0.0461 e. The number of fused-ring (bicyclic) bond motifs is 8. The minimum absolute atomic E-state index is 0. The van der Waals surface area contributed by atoms with E-state index in [-0.39, 0.29) is 14.9 Å². The second-order valence-electron chi connectivity index (χ2n) is 28.5. The summed E-state index contributed by atoms with van der Waals surface area (Å²) in [6.07, 6.45) is 9.20. The zero-order valence-electron chi connectivity index (χ0n) is 62.4. The lowest BCUT2D eigenvalue weighted by atomic mass is 10.0. The lowest BCUT2D eigenvalue weighted by Gasteiger charge is -2.25. The van der Waals surface area contributed by atoms with Crippen LogP contribution in [0.5, 0.6) is 0 Å². The summed E-state index contributed by atoms with van der Waals surface area (Å²) in [5, 5.41) is 27.1. The highest BCUT2D eigenvalue weighted by Crippen LogP contribution is 2.40. The molecule has 0 fully saturated rings. The van der Waals surface area contributed by atoms with Crippen LogP contribution >= 0.6 is 0 Å². The predicted molar refractivity (Wildman–Crippen MR) is 471 cm³/mol. The van der Waals surface area contributed by atoms with Gasteiger partial charge in [0.25, 0.3) is 0 Å². The minimum atomic E-state index is 0. The van der Waals surface area contributed by atoms with Crippen LogP contribution in [-0.2, 0) is 52.1 Å². The Hall–Kier alpha value is -11.0. The van der Waals surface area contributed by atoms with Crippen molar-refractivity contribution in [2.45, 2.75) is 105 Å². The monoisotopic (exact) mass is 1450 g/mol. The molecule has 0 atom stereocenters. The summed E-state index contributed by atoms with van der Waals surface area (Å²) < 4.78 is 0. The van der Waals surface area contributed by atoms with Gasteiger partial charge in [-0.3, -0.25) is 0 Å². The van der Waals surface area contributed by atoms with Crippen molar-refractivity contribution in [2.24, 2.45) is 0 Å². The molecular weight excluding hydrogens is 1340 g/mol. The second kappa shape index (κ2) is 41.5. The Morgan fingerprint density at radius 1 is 0.209 bits per heavy atom. The molecule has 0 spiro atoms. The summed E-state index contributed by atoms with van der Waals surface area (Å²) in [7, 11) is 0. The molecule has 14 aromatic carbocycles. The number of unbranched alkanes of at least 4 members (excludes halogenated alkanes) is 3. The molecule has 6 N–H and O–H groups in total. The van der Waals surface area contributed by atoms with Crippen molar-refractivity contribution in [3.63, 3.8) is 0 Å². The number of hydrogen-bond donors (Lipinski definition) is 6. The third-order valence-corrected chi connectivity index (χ3v) is 20.7. The van der Waals surface area contributed by atoms with E-state index in [1.54, 1.807) is 0 Å². The number of anilines is 6. The molecule has 0 radical (unpaired) electrons. The van der Waals surface area contributed by atoms with Crippen LogP contribution in [0.4, 0.5) is 34.1 Å². The average Bonchev–Trinajstić information content (AvgIpc) is 1.52. The van der Waals surface area contributed by atoms with Gasteiger partial charge in [-0.05, 0) is 263 Å². The first kappa shape index (κ1) is 78.5. The Morgan fingerprint density at radius 2 is 0.473 bits per heavy atom. The quantitative estimate of drug-likeness (QED) is 0.0227. The first-order valence-corrected chi connectivity index (χ1v) is 39.2. The van der Waals surface area contributed by atoms with Gasteiger partial charge in [0, 0.05) is 73.4 Å². The standard InChI is InChI=1S/C42H42N4.C32H32N2.C26H28N2.2CH4/c1-5-15-37(16-6-1)45(38-17-7-2-8-18-38)41-27-23-35(24-28-41)33-43-31-13-14-32-44-34-36-25-29-42(30-26-36)46(39-19-9-3-10-20-39)40-21-11-4-12-22-40;1-3-9-29-25(7-1)19-27-17-23(11-13-31(27)29)21-33-15-5-6-16-34-22-24-12-14-32-28(18-24)20-26-8-2-4-10-30(26)32;1-3-15-25-21(9-1)11-7-13-23(25)19-27-17-5-6-18-28-20-24-14-8-12-22-10-2-4-16-26(22)24;;/h1-12,15-30,43-44H,13-14,31-34H2;1-4,7-14,17-18,33-34H,5-6,15-16,19-22H2;1-4,7-16,27-28H,5-6,17-20H2;2*1H4. The Morgan fingerprint density at radius 3 is 0.827 bits per heavy atom. The molecule has 16 rings (SSSR count). The summed E-state index contributed by atoms with van der Waals surface area (Å²) in [6.45, 7) is 11.8. The first-order chi connectivity index (χ1) is 53.6. The van der Waals surface area contributed by atoms with Gasteiger partial charge in [0.15, 0.2) is 0 Å². The maximum Gasteiger partial charge on any atom is 0.0461 e. The fourth-order valence-electron chi connectivity index (χ4n) is 15.1. The molecule has 14 aromatic rings. The average molecular weight is 1450 g/mol. The number of benzene rings is 14. The lowest BCUT2D eigenvalue weighted by Crippen LogP contribution is -2.19. The van der Waals surface area contributed by atoms with E-state index < -0.39 is 0 Å². The zero-order chi connectivity index (χ0) is 73.0. The summed E-state index contributed by atoms with van der Waals surface area (Å²) in [5.74, 6) is 0. The molecule has 558 valence electrons. The van der Waals surface area contributed by atoms with Crippen LogP contribution < -0.4 is 41.7 Å². The van der Waals surface area contributed by atoms with Gasteiger partial charge in [-0.15, -0.1) is 0 Å². The van der Waals surface area contributed by atoms with Gasteiger partial charge >= 0.3 is 0 Å². The summed E-state index contributed by atoms with van der Waals surface area (Å²) in [5.41, 5.74) is 26.6. The van der Waals surface area contributed by atoms with Gasteiger partial charge in [0.1, 0.15) is 0 Å². The Kier molecular flexibility index (Phi) is 29.6. The Labute approximate surface area is 655 Å². The minimum Gasteiger partial charge on any atom is -0.313 e. The topological polar surface area (TPSA) is 78.7 Å². The van der Waals surface area contributed by atoms with E-state index in [1.165, 1.54) is 125 Å². The number of hydrogen-bond acceptors (Lipinski definition) is 8. The van der Waals surface area contributed by atoms with Gasteiger partial charge in [-0.2, -0.15) is 0 Å². The SMILES string of the molecule is C.C.c1ccc(N(c2ccccc2)c2ccc(CNCCCCNCc3ccc(N(c4ccccc4)c4ccccc4)cc3)cc2)cc1.c1ccc2c(CNCCCCNCc3cccc4ccccc34)cccc2c1.c1ccc2c(c1)Cc1cc(CNCCCCNCc3ccc4c(c3)Cc3ccccc3-4)ccc1-2. The van der Waals surface area contributed by atoms with Crippen LogP contribution in [0, 0.1) is 0 Å².